The van der Waals surface area contributed by atoms with Gasteiger partial charge in [0.1, 0.15) is 5.75 Å². The minimum atomic E-state index is 0.469. The van der Waals surface area contributed by atoms with Crippen molar-refractivity contribution in [2.75, 3.05) is 0 Å². The third-order valence-electron chi connectivity index (χ3n) is 2.72. The van der Waals surface area contributed by atoms with Crippen LogP contribution in [0, 0.1) is 0 Å². The van der Waals surface area contributed by atoms with E-state index < -0.39 is 0 Å². The van der Waals surface area contributed by atoms with Gasteiger partial charge in [-0.25, -0.2) is 4.98 Å². The van der Waals surface area contributed by atoms with Crippen molar-refractivity contribution < 1.29 is 4.74 Å². The molecule has 1 aromatic heterocycles. The number of nitrogens with zero attached hydrogens (tertiary/aromatic N) is 1. The Morgan fingerprint density at radius 3 is 2.33 bits per heavy atom. The normalized spacial score (nSPS) is 10.7. The first-order chi connectivity index (χ1) is 8.69. The third-order valence-corrected chi connectivity index (χ3v) is 3.03. The van der Waals surface area contributed by atoms with Crippen LogP contribution < -0.4 is 4.74 Å². The van der Waals surface area contributed by atoms with Crippen LogP contribution in [-0.2, 0) is 5.88 Å². The molecule has 2 aromatic rings. The first-order valence-electron chi connectivity index (χ1n) is 5.97. The highest BCUT2D eigenvalue weighted by Crippen LogP contribution is 2.22. The van der Waals surface area contributed by atoms with Crippen LogP contribution >= 0.6 is 11.6 Å². The molecule has 1 heterocycles. The van der Waals surface area contributed by atoms with E-state index in [1.165, 1.54) is 5.56 Å². The SMILES string of the molecule is CC(C)c1ccc(Oc2ccc(CCl)cn2)cc1. The lowest BCUT2D eigenvalue weighted by Crippen LogP contribution is -1.90. The maximum atomic E-state index is 5.71. The smallest absolute Gasteiger partial charge is 0.219 e. The second kappa shape index (κ2) is 5.87. The molecular weight excluding hydrogens is 246 g/mol. The first kappa shape index (κ1) is 12.9. The van der Waals surface area contributed by atoms with Crippen molar-refractivity contribution in [3.63, 3.8) is 0 Å². The van der Waals surface area contributed by atoms with Gasteiger partial charge in [0.25, 0.3) is 0 Å². The van der Waals surface area contributed by atoms with Crippen LogP contribution in [0.15, 0.2) is 42.6 Å². The fourth-order valence-corrected chi connectivity index (χ4v) is 1.75. The Kier molecular flexibility index (Phi) is 4.21. The van der Waals surface area contributed by atoms with E-state index >= 15 is 0 Å². The molecule has 0 spiro atoms. The second-order valence-electron chi connectivity index (χ2n) is 4.46. The number of rotatable bonds is 4. The van der Waals surface area contributed by atoms with E-state index in [2.05, 4.69) is 31.0 Å². The molecule has 0 radical (unpaired) electrons. The summed E-state index contributed by atoms with van der Waals surface area (Å²) in [4.78, 5) is 4.20. The van der Waals surface area contributed by atoms with Gasteiger partial charge in [0.15, 0.2) is 0 Å². The summed E-state index contributed by atoms with van der Waals surface area (Å²) in [5, 5.41) is 0. The summed E-state index contributed by atoms with van der Waals surface area (Å²) in [6, 6.07) is 11.8. The second-order valence-corrected chi connectivity index (χ2v) is 4.73. The quantitative estimate of drug-likeness (QED) is 0.742. The zero-order valence-electron chi connectivity index (χ0n) is 10.6. The lowest BCUT2D eigenvalue weighted by atomic mass is 10.0. The van der Waals surface area contributed by atoms with E-state index in [1.54, 1.807) is 6.20 Å². The molecule has 2 rings (SSSR count). The average molecular weight is 262 g/mol. The molecule has 0 unspecified atom stereocenters. The molecule has 0 aliphatic carbocycles. The topological polar surface area (TPSA) is 22.1 Å². The number of pyridine rings is 1. The number of benzene rings is 1. The van der Waals surface area contributed by atoms with Crippen LogP contribution in [0.3, 0.4) is 0 Å². The molecule has 0 N–H and O–H groups in total. The van der Waals surface area contributed by atoms with E-state index in [0.717, 1.165) is 11.3 Å². The van der Waals surface area contributed by atoms with Gasteiger partial charge in [-0.3, -0.25) is 0 Å². The predicted molar refractivity (Wildman–Crippen MR) is 74.4 cm³/mol. The summed E-state index contributed by atoms with van der Waals surface area (Å²) >= 11 is 5.71. The molecule has 1 aromatic carbocycles. The van der Waals surface area contributed by atoms with E-state index in [1.807, 2.05) is 24.3 Å². The maximum absolute atomic E-state index is 5.71. The fraction of sp³-hybridized carbons (Fsp3) is 0.267. The van der Waals surface area contributed by atoms with Crippen molar-refractivity contribution in [1.82, 2.24) is 4.98 Å². The molecule has 0 saturated carbocycles. The molecule has 0 aliphatic heterocycles. The zero-order valence-corrected chi connectivity index (χ0v) is 11.3. The van der Waals surface area contributed by atoms with Gasteiger partial charge < -0.3 is 4.74 Å². The fourth-order valence-electron chi connectivity index (χ4n) is 1.59. The Hall–Kier alpha value is -1.54. The minimum Gasteiger partial charge on any atom is -0.439 e. The van der Waals surface area contributed by atoms with Crippen LogP contribution in [0.25, 0.3) is 0 Å². The van der Waals surface area contributed by atoms with Crippen molar-refractivity contribution in [3.05, 3.63) is 53.7 Å². The van der Waals surface area contributed by atoms with Gasteiger partial charge >= 0.3 is 0 Å². The Labute approximate surface area is 113 Å². The molecule has 18 heavy (non-hydrogen) atoms. The number of hydrogen-bond donors (Lipinski definition) is 0. The Bertz CT molecular complexity index is 491. The summed E-state index contributed by atoms with van der Waals surface area (Å²) < 4.78 is 5.66. The molecule has 94 valence electrons. The molecule has 2 nitrogen and oxygen atoms in total. The van der Waals surface area contributed by atoms with Crippen LogP contribution in [0.2, 0.25) is 0 Å². The number of ether oxygens (including phenoxy) is 1. The van der Waals surface area contributed by atoms with Crippen LogP contribution in [-0.4, -0.2) is 4.98 Å². The highest BCUT2D eigenvalue weighted by Gasteiger charge is 2.01. The standard InChI is InChI=1S/C15H16ClNO/c1-11(2)13-4-6-14(7-5-13)18-15-8-3-12(9-16)10-17-15/h3-8,10-11H,9H2,1-2H3. The summed E-state index contributed by atoms with van der Waals surface area (Å²) in [7, 11) is 0. The largest absolute Gasteiger partial charge is 0.439 e. The van der Waals surface area contributed by atoms with Gasteiger partial charge in [0.2, 0.25) is 5.88 Å². The number of hydrogen-bond acceptors (Lipinski definition) is 2. The highest BCUT2D eigenvalue weighted by atomic mass is 35.5. The lowest BCUT2D eigenvalue weighted by molar-refractivity contribution is 0.462. The number of alkyl halides is 1. The van der Waals surface area contributed by atoms with Gasteiger partial charge in [-0.1, -0.05) is 32.0 Å². The van der Waals surface area contributed by atoms with Crippen molar-refractivity contribution in [1.29, 1.82) is 0 Å². The van der Waals surface area contributed by atoms with E-state index in [-0.39, 0.29) is 0 Å². The van der Waals surface area contributed by atoms with Gasteiger partial charge in [-0.05, 0) is 29.2 Å². The zero-order chi connectivity index (χ0) is 13.0. The number of halogens is 1. The van der Waals surface area contributed by atoms with E-state index in [0.29, 0.717) is 17.7 Å². The number of aromatic nitrogens is 1. The monoisotopic (exact) mass is 261 g/mol. The Balaban J connectivity index is 2.08. The molecule has 0 bridgehead atoms. The minimum absolute atomic E-state index is 0.469. The summed E-state index contributed by atoms with van der Waals surface area (Å²) in [6.07, 6.45) is 1.73. The summed E-state index contributed by atoms with van der Waals surface area (Å²) in [6.45, 7) is 4.34. The van der Waals surface area contributed by atoms with Gasteiger partial charge in [-0.15, -0.1) is 11.6 Å². The van der Waals surface area contributed by atoms with Crippen LogP contribution in [0.4, 0.5) is 0 Å². The molecule has 0 fully saturated rings. The van der Waals surface area contributed by atoms with Crippen LogP contribution in [0.5, 0.6) is 11.6 Å². The van der Waals surface area contributed by atoms with Gasteiger partial charge in [0.05, 0.1) is 0 Å². The third kappa shape index (κ3) is 3.23. The van der Waals surface area contributed by atoms with Crippen molar-refractivity contribution in [2.24, 2.45) is 0 Å². The molecule has 0 saturated heterocycles. The molecular formula is C15H16ClNO. The Morgan fingerprint density at radius 1 is 1.11 bits per heavy atom. The Morgan fingerprint density at radius 2 is 1.83 bits per heavy atom. The predicted octanol–water partition coefficient (Wildman–Crippen LogP) is 4.74. The van der Waals surface area contributed by atoms with Crippen molar-refractivity contribution >= 4 is 11.6 Å². The summed E-state index contributed by atoms with van der Waals surface area (Å²) in [5.74, 6) is 2.38. The van der Waals surface area contributed by atoms with Crippen LogP contribution in [0.1, 0.15) is 30.9 Å². The molecule has 0 aliphatic rings. The van der Waals surface area contributed by atoms with Gasteiger partial charge in [0, 0.05) is 18.1 Å². The maximum Gasteiger partial charge on any atom is 0.219 e. The molecule has 0 atom stereocenters. The van der Waals surface area contributed by atoms with Crippen molar-refractivity contribution in [3.8, 4) is 11.6 Å². The van der Waals surface area contributed by atoms with Crippen molar-refractivity contribution in [2.45, 2.75) is 25.6 Å². The molecule has 0 amide bonds. The van der Waals surface area contributed by atoms with E-state index in [9.17, 15) is 0 Å². The molecule has 3 heteroatoms. The summed E-state index contributed by atoms with van der Waals surface area (Å²) in [5.41, 5.74) is 2.28. The lowest BCUT2D eigenvalue weighted by Gasteiger charge is -2.08. The van der Waals surface area contributed by atoms with Gasteiger partial charge in [-0.2, -0.15) is 0 Å². The first-order valence-corrected chi connectivity index (χ1v) is 6.51. The van der Waals surface area contributed by atoms with E-state index in [4.69, 9.17) is 16.3 Å². The average Bonchev–Trinajstić information content (AvgIpc) is 2.40. The highest BCUT2D eigenvalue weighted by molar-refractivity contribution is 6.17.